The molecule has 0 spiro atoms. The lowest BCUT2D eigenvalue weighted by Crippen LogP contribution is -2.35. The lowest BCUT2D eigenvalue weighted by atomic mass is 10.0. The number of hydrogen-bond donors (Lipinski definition) is 2. The molecule has 0 unspecified atom stereocenters. The fraction of sp³-hybridized carbons (Fsp3) is 0.750. The summed E-state index contributed by atoms with van der Waals surface area (Å²) in [6, 6.07) is -1.77. The second kappa shape index (κ2) is 5.88. The van der Waals surface area contributed by atoms with Crippen LogP contribution in [0.1, 0.15) is 44.6 Å². The van der Waals surface area contributed by atoms with Crippen molar-refractivity contribution in [2.75, 3.05) is 13.1 Å². The molecule has 12 nitrogen and oxygen atoms in total. The van der Waals surface area contributed by atoms with Crippen LogP contribution in [0.5, 0.6) is 0 Å². The first-order valence-electron chi connectivity index (χ1n) is 7.89. The number of piperidine rings is 1. The minimum Gasteiger partial charge on any atom is -0.724 e. The molecule has 25 heavy (non-hydrogen) atoms. The van der Waals surface area contributed by atoms with Crippen molar-refractivity contribution in [1.82, 2.24) is 25.5 Å². The minimum atomic E-state index is -5.02. The van der Waals surface area contributed by atoms with Crippen molar-refractivity contribution in [3.63, 3.8) is 0 Å². The molecule has 0 saturated carbocycles. The molecule has 0 radical (unpaired) electrons. The standard InChI is InChI=1S/C12H18N6O6S/c13-6-3-8(14-4-6)10-15-16-11(23-10)9-2-1-7-5-17(9)12(19)18(7)24-25(20,21)22/h6-9,14H,1-5,13H2,(H,20,21,22)/t6-,7-,8-,9+/m1/s1. The van der Waals surface area contributed by atoms with Gasteiger partial charge in [0, 0.05) is 19.1 Å². The number of nitrogens with zero attached hydrogens (tertiary/aromatic N) is 4. The Morgan fingerprint density at radius 3 is 2.80 bits per heavy atom. The first-order chi connectivity index (χ1) is 11.8. The number of nitrogens with one attached hydrogen (secondary N) is 1. The maximum atomic E-state index is 12.4. The van der Waals surface area contributed by atoms with Gasteiger partial charge in [-0.2, -0.15) is 9.35 Å². The Balaban J connectivity index is 0.00000196. The number of aromatic nitrogens is 2. The van der Waals surface area contributed by atoms with E-state index < -0.39 is 28.5 Å². The fourth-order valence-corrected chi connectivity index (χ4v) is 3.94. The van der Waals surface area contributed by atoms with E-state index in [1.54, 1.807) is 0 Å². The fourth-order valence-electron chi connectivity index (χ4n) is 3.56. The average molecular weight is 374 g/mol. The molecule has 3 N–H and O–H groups in total. The third-order valence-corrected chi connectivity index (χ3v) is 5.04. The first kappa shape index (κ1) is 16.7. The van der Waals surface area contributed by atoms with Crippen molar-refractivity contribution in [2.24, 2.45) is 5.73 Å². The van der Waals surface area contributed by atoms with Gasteiger partial charge in [0.25, 0.3) is 0 Å². The highest BCUT2D eigenvalue weighted by Gasteiger charge is 2.48. The molecule has 3 saturated heterocycles. The normalized spacial score (nSPS) is 32.6. The average Bonchev–Trinajstić information content (AvgIpc) is 3.23. The quantitative estimate of drug-likeness (QED) is 0.486. The number of fused-ring (bicyclic) bond motifs is 2. The van der Waals surface area contributed by atoms with Crippen molar-refractivity contribution in [3.8, 4) is 0 Å². The lowest BCUT2D eigenvalue weighted by Gasteiger charge is -2.27. The molecule has 4 heterocycles. The number of rotatable bonds is 4. The minimum absolute atomic E-state index is 0. The van der Waals surface area contributed by atoms with Gasteiger partial charge in [-0.25, -0.2) is 13.2 Å². The number of urea groups is 1. The molecule has 138 valence electrons. The summed E-state index contributed by atoms with van der Waals surface area (Å²) in [7, 11) is -5.02. The monoisotopic (exact) mass is 374 g/mol. The van der Waals surface area contributed by atoms with E-state index in [0.29, 0.717) is 36.8 Å². The number of carbonyl (C=O) groups is 1. The topological polar surface area (TPSA) is 167 Å². The second-order valence-electron chi connectivity index (χ2n) is 6.43. The van der Waals surface area contributed by atoms with Crippen LogP contribution >= 0.6 is 0 Å². The van der Waals surface area contributed by atoms with Gasteiger partial charge < -0.3 is 24.9 Å². The van der Waals surface area contributed by atoms with Crippen LogP contribution in [0.25, 0.3) is 0 Å². The number of hydrogen-bond acceptors (Lipinski definition) is 10. The van der Waals surface area contributed by atoms with E-state index in [1.807, 2.05) is 0 Å². The van der Waals surface area contributed by atoms with Crippen molar-refractivity contribution in [3.05, 3.63) is 11.8 Å². The maximum Gasteiger partial charge on any atom is 1.00 e. The van der Waals surface area contributed by atoms with Crippen molar-refractivity contribution in [2.45, 2.75) is 43.4 Å². The van der Waals surface area contributed by atoms with E-state index in [-0.39, 0.29) is 25.9 Å². The number of hydroxylamine groups is 2. The summed E-state index contributed by atoms with van der Waals surface area (Å²) < 4.78 is 42.4. The SMILES string of the molecule is N[C@H]1CN[C@@H](c2nnc([C@@H]3CC[C@@H]4CN3C(=O)N4OS(=O)(=O)[O-])o2)C1.[H+]. The van der Waals surface area contributed by atoms with Gasteiger partial charge in [0.2, 0.25) is 22.2 Å². The summed E-state index contributed by atoms with van der Waals surface area (Å²) in [6.07, 6.45) is 1.63. The molecular formula is C12H18N6O6S. The molecule has 0 aromatic carbocycles. The zero-order valence-corrected chi connectivity index (χ0v) is 13.9. The van der Waals surface area contributed by atoms with Crippen LogP contribution in [0.2, 0.25) is 0 Å². The van der Waals surface area contributed by atoms with E-state index >= 15 is 0 Å². The third-order valence-electron chi connectivity index (χ3n) is 4.70. The molecule has 3 aliphatic rings. The largest absolute Gasteiger partial charge is 1.00 e. The van der Waals surface area contributed by atoms with Crippen LogP contribution in [0.4, 0.5) is 4.79 Å². The zero-order chi connectivity index (χ0) is 17.8. The molecule has 2 amide bonds. The van der Waals surface area contributed by atoms with Crippen molar-refractivity contribution < 1.29 is 27.9 Å². The highest BCUT2D eigenvalue weighted by molar-refractivity contribution is 7.80. The zero-order valence-electron chi connectivity index (χ0n) is 14.1. The molecule has 4 atom stereocenters. The van der Waals surface area contributed by atoms with Crippen LogP contribution in [0.3, 0.4) is 0 Å². The van der Waals surface area contributed by atoms with E-state index in [9.17, 15) is 17.8 Å². The number of carbonyl (C=O) groups excluding carboxylic acids is 1. The van der Waals surface area contributed by atoms with Gasteiger partial charge in [-0.05, 0) is 19.3 Å². The second-order valence-corrected chi connectivity index (χ2v) is 7.39. The molecule has 3 fully saturated rings. The predicted molar refractivity (Wildman–Crippen MR) is 79.2 cm³/mol. The molecule has 4 rings (SSSR count). The van der Waals surface area contributed by atoms with Gasteiger partial charge in [0.05, 0.1) is 12.1 Å². The van der Waals surface area contributed by atoms with Crippen LogP contribution in [0, 0.1) is 0 Å². The van der Waals surface area contributed by atoms with Gasteiger partial charge in [-0.3, -0.25) is 0 Å². The Bertz CT molecular complexity index is 789. The molecule has 1 aromatic heterocycles. The lowest BCUT2D eigenvalue weighted by molar-refractivity contribution is -0.0328. The van der Waals surface area contributed by atoms with Gasteiger partial charge in [0.1, 0.15) is 6.04 Å². The van der Waals surface area contributed by atoms with Crippen LogP contribution in [-0.2, 0) is 14.7 Å². The van der Waals surface area contributed by atoms with E-state index in [1.165, 1.54) is 4.90 Å². The molecule has 3 aliphatic heterocycles. The van der Waals surface area contributed by atoms with Gasteiger partial charge in [0.15, 0.2) is 0 Å². The van der Waals surface area contributed by atoms with E-state index in [0.717, 1.165) is 0 Å². The summed E-state index contributed by atoms with van der Waals surface area (Å²) in [6.45, 7) is 0.886. The Morgan fingerprint density at radius 1 is 1.36 bits per heavy atom. The first-order valence-corrected chi connectivity index (χ1v) is 9.22. The Kier molecular flexibility index (Phi) is 3.92. The van der Waals surface area contributed by atoms with Gasteiger partial charge in [-0.15, -0.1) is 10.2 Å². The number of amides is 2. The molecule has 2 bridgehead atoms. The Hall–Kier alpha value is -1.80. The van der Waals surface area contributed by atoms with Crippen molar-refractivity contribution in [1.29, 1.82) is 0 Å². The smallest absolute Gasteiger partial charge is 0.724 e. The van der Waals surface area contributed by atoms with E-state index in [4.69, 9.17) is 10.2 Å². The van der Waals surface area contributed by atoms with Crippen LogP contribution < -0.4 is 11.1 Å². The maximum absolute atomic E-state index is 12.4. The van der Waals surface area contributed by atoms with Crippen LogP contribution in [-0.4, -0.2) is 64.3 Å². The van der Waals surface area contributed by atoms with Gasteiger partial charge >= 0.3 is 7.46 Å². The summed E-state index contributed by atoms with van der Waals surface area (Å²) in [5, 5.41) is 11.9. The van der Waals surface area contributed by atoms with E-state index in [2.05, 4.69) is 19.8 Å². The Labute approximate surface area is 144 Å². The Morgan fingerprint density at radius 2 is 2.12 bits per heavy atom. The molecule has 13 heteroatoms. The predicted octanol–water partition coefficient (Wildman–Crippen LogP) is -1.12. The molecular weight excluding hydrogens is 356 g/mol. The number of nitrogens with two attached hydrogens (primary N) is 1. The molecule has 0 aliphatic carbocycles. The molecule has 1 aromatic rings. The van der Waals surface area contributed by atoms with Crippen LogP contribution in [0.15, 0.2) is 4.42 Å². The van der Waals surface area contributed by atoms with Crippen molar-refractivity contribution >= 4 is 16.4 Å². The summed E-state index contributed by atoms with van der Waals surface area (Å²) in [5.74, 6) is 0.683. The third kappa shape index (κ3) is 3.08. The van der Waals surface area contributed by atoms with Gasteiger partial charge in [-0.1, -0.05) is 0 Å². The highest BCUT2D eigenvalue weighted by Crippen LogP contribution is 2.38. The highest BCUT2D eigenvalue weighted by atomic mass is 32.3. The summed E-state index contributed by atoms with van der Waals surface area (Å²) in [5.41, 5.74) is 5.85. The summed E-state index contributed by atoms with van der Waals surface area (Å²) >= 11 is 0. The summed E-state index contributed by atoms with van der Waals surface area (Å²) in [4.78, 5) is 13.7.